The molecule has 1 atom stereocenters. The zero-order chi connectivity index (χ0) is 13.1. The Morgan fingerprint density at radius 1 is 1.56 bits per heavy atom. The molecule has 0 radical (unpaired) electrons. The van der Waals surface area contributed by atoms with Crippen LogP contribution in [0.3, 0.4) is 0 Å². The molecule has 1 aliphatic heterocycles. The second-order valence-corrected chi connectivity index (χ2v) is 4.90. The molecule has 5 heteroatoms. The van der Waals surface area contributed by atoms with Crippen molar-refractivity contribution in [3.63, 3.8) is 0 Å². The van der Waals surface area contributed by atoms with Crippen LogP contribution in [0.4, 0.5) is 0 Å². The minimum Gasteiger partial charge on any atom is -0.340 e. The van der Waals surface area contributed by atoms with Gasteiger partial charge in [0, 0.05) is 31.9 Å². The van der Waals surface area contributed by atoms with Gasteiger partial charge in [-0.2, -0.15) is 0 Å². The van der Waals surface area contributed by atoms with Crippen LogP contribution in [-0.4, -0.2) is 53.9 Å². The molecule has 0 bridgehead atoms. The third-order valence-electron chi connectivity index (χ3n) is 3.53. The van der Waals surface area contributed by atoms with Gasteiger partial charge < -0.3 is 14.8 Å². The number of likely N-dealkylation sites (tertiary alicyclic amines) is 1. The maximum Gasteiger partial charge on any atom is 0.255 e. The van der Waals surface area contributed by atoms with Gasteiger partial charge in [0.25, 0.3) is 5.91 Å². The highest BCUT2D eigenvalue weighted by atomic mass is 16.2. The lowest BCUT2D eigenvalue weighted by molar-refractivity contribution is 0.0761. The fraction of sp³-hybridized carbons (Fsp3) is 0.538. The molecule has 1 unspecified atom stereocenters. The van der Waals surface area contributed by atoms with E-state index < -0.39 is 0 Å². The highest BCUT2D eigenvalue weighted by molar-refractivity contribution is 5.93. The molecule has 1 saturated heterocycles. The molecule has 1 aromatic heterocycles. The number of H-pyrrole nitrogens is 1. The first-order chi connectivity index (χ1) is 8.58. The number of amides is 1. The molecule has 2 rings (SSSR count). The summed E-state index contributed by atoms with van der Waals surface area (Å²) < 4.78 is 0. The number of likely N-dealkylation sites (N-methyl/N-ethyl adjacent to an activating group) is 2. The Balaban J connectivity index is 2.00. The Hall–Kier alpha value is -1.62. The Morgan fingerprint density at radius 2 is 2.33 bits per heavy atom. The van der Waals surface area contributed by atoms with Gasteiger partial charge in [-0.15, -0.1) is 0 Å². The first kappa shape index (κ1) is 12.8. The number of pyridine rings is 1. The summed E-state index contributed by atoms with van der Waals surface area (Å²) in [4.78, 5) is 29.6. The third-order valence-corrected chi connectivity index (χ3v) is 3.53. The molecule has 98 valence electrons. The Bertz CT molecular complexity index is 463. The molecule has 0 spiro atoms. The SMILES string of the molecule is CN(CC1CCCN1C)C(=O)c1ccc(=O)[nH]c1. The molecule has 1 amide bonds. The van der Waals surface area contributed by atoms with Crippen LogP contribution in [-0.2, 0) is 0 Å². The molecule has 1 aliphatic rings. The molecule has 0 aliphatic carbocycles. The molecule has 0 aromatic carbocycles. The van der Waals surface area contributed by atoms with E-state index in [1.165, 1.54) is 18.7 Å². The van der Waals surface area contributed by atoms with Crippen LogP contribution in [0.5, 0.6) is 0 Å². The average molecular weight is 249 g/mol. The van der Waals surface area contributed by atoms with Crippen LogP contribution in [0.1, 0.15) is 23.2 Å². The third kappa shape index (κ3) is 2.79. The van der Waals surface area contributed by atoms with Crippen molar-refractivity contribution in [2.45, 2.75) is 18.9 Å². The number of carbonyl (C=O) groups is 1. The summed E-state index contributed by atoms with van der Waals surface area (Å²) in [5, 5.41) is 0. The summed E-state index contributed by atoms with van der Waals surface area (Å²) in [5.74, 6) is -0.0495. The van der Waals surface area contributed by atoms with Gasteiger partial charge in [0.15, 0.2) is 0 Å². The normalized spacial score (nSPS) is 20.0. The van der Waals surface area contributed by atoms with E-state index in [0.29, 0.717) is 11.6 Å². The number of carbonyl (C=O) groups excluding carboxylic acids is 1. The first-order valence-electron chi connectivity index (χ1n) is 6.22. The number of aromatic nitrogens is 1. The number of nitrogens with one attached hydrogen (secondary N) is 1. The predicted octanol–water partition coefficient (Wildman–Crippen LogP) is 0.541. The van der Waals surface area contributed by atoms with Crippen LogP contribution >= 0.6 is 0 Å². The van der Waals surface area contributed by atoms with Crippen LogP contribution in [0.25, 0.3) is 0 Å². The van der Waals surface area contributed by atoms with Gasteiger partial charge in [-0.1, -0.05) is 0 Å². The lowest BCUT2D eigenvalue weighted by Gasteiger charge is -2.25. The van der Waals surface area contributed by atoms with Gasteiger partial charge in [-0.3, -0.25) is 9.59 Å². The fourth-order valence-corrected chi connectivity index (χ4v) is 2.37. The van der Waals surface area contributed by atoms with E-state index in [0.717, 1.165) is 19.5 Å². The average Bonchev–Trinajstić information content (AvgIpc) is 2.75. The molecular formula is C13H19N3O2. The smallest absolute Gasteiger partial charge is 0.255 e. The van der Waals surface area contributed by atoms with E-state index in [-0.39, 0.29) is 11.5 Å². The molecule has 5 nitrogen and oxygen atoms in total. The summed E-state index contributed by atoms with van der Waals surface area (Å²) in [6.45, 7) is 1.83. The largest absolute Gasteiger partial charge is 0.340 e. The number of rotatable bonds is 3. The zero-order valence-corrected chi connectivity index (χ0v) is 10.8. The summed E-state index contributed by atoms with van der Waals surface area (Å²) >= 11 is 0. The Kier molecular flexibility index (Phi) is 3.81. The standard InChI is InChI=1S/C13H19N3O2/c1-15-7-3-4-11(15)9-16(2)13(18)10-5-6-12(17)14-8-10/h5-6,8,11H,3-4,7,9H2,1-2H3,(H,14,17). The van der Waals surface area contributed by atoms with E-state index in [4.69, 9.17) is 0 Å². The minimum atomic E-state index is -0.190. The van der Waals surface area contributed by atoms with Crippen molar-refractivity contribution >= 4 is 5.91 Å². The van der Waals surface area contributed by atoms with Crippen molar-refractivity contribution in [3.05, 3.63) is 34.2 Å². The van der Waals surface area contributed by atoms with Crippen molar-refractivity contribution in [2.24, 2.45) is 0 Å². The minimum absolute atomic E-state index is 0.0495. The first-order valence-corrected chi connectivity index (χ1v) is 6.22. The van der Waals surface area contributed by atoms with E-state index in [2.05, 4.69) is 16.9 Å². The summed E-state index contributed by atoms with van der Waals surface area (Å²) in [6, 6.07) is 3.39. The summed E-state index contributed by atoms with van der Waals surface area (Å²) in [6.07, 6.45) is 3.81. The maximum absolute atomic E-state index is 12.1. The zero-order valence-electron chi connectivity index (χ0n) is 10.8. The molecule has 0 saturated carbocycles. The van der Waals surface area contributed by atoms with Gasteiger partial charge >= 0.3 is 0 Å². The number of hydrogen-bond acceptors (Lipinski definition) is 3. The van der Waals surface area contributed by atoms with Gasteiger partial charge in [0.05, 0.1) is 5.56 Å². The van der Waals surface area contributed by atoms with E-state index in [1.54, 1.807) is 18.0 Å². The van der Waals surface area contributed by atoms with E-state index in [9.17, 15) is 9.59 Å². The fourth-order valence-electron chi connectivity index (χ4n) is 2.37. The van der Waals surface area contributed by atoms with E-state index >= 15 is 0 Å². The number of hydrogen-bond donors (Lipinski definition) is 1. The highest BCUT2D eigenvalue weighted by Crippen LogP contribution is 2.16. The molecule has 1 N–H and O–H groups in total. The lowest BCUT2D eigenvalue weighted by atomic mass is 10.2. The van der Waals surface area contributed by atoms with Crippen molar-refractivity contribution in [1.82, 2.24) is 14.8 Å². The maximum atomic E-state index is 12.1. The second-order valence-electron chi connectivity index (χ2n) is 4.90. The highest BCUT2D eigenvalue weighted by Gasteiger charge is 2.24. The second kappa shape index (κ2) is 5.35. The Labute approximate surface area is 106 Å². The quantitative estimate of drug-likeness (QED) is 0.850. The van der Waals surface area contributed by atoms with Crippen LogP contribution in [0.15, 0.2) is 23.1 Å². The molecule has 1 fully saturated rings. The Morgan fingerprint density at radius 3 is 2.89 bits per heavy atom. The lowest BCUT2D eigenvalue weighted by Crippen LogP contribution is -2.39. The molecule has 2 heterocycles. The van der Waals surface area contributed by atoms with Gasteiger partial charge in [-0.25, -0.2) is 0 Å². The summed E-state index contributed by atoms with van der Waals surface area (Å²) in [5.41, 5.74) is 0.336. The molecule has 1 aromatic rings. The van der Waals surface area contributed by atoms with Crippen molar-refractivity contribution in [2.75, 3.05) is 27.2 Å². The number of aromatic amines is 1. The number of nitrogens with zero attached hydrogens (tertiary/aromatic N) is 2. The van der Waals surface area contributed by atoms with Gasteiger partial charge in [-0.05, 0) is 32.5 Å². The van der Waals surface area contributed by atoms with Crippen molar-refractivity contribution < 1.29 is 4.79 Å². The topological polar surface area (TPSA) is 56.4 Å². The van der Waals surface area contributed by atoms with Crippen LogP contribution < -0.4 is 5.56 Å². The predicted molar refractivity (Wildman–Crippen MR) is 69.7 cm³/mol. The van der Waals surface area contributed by atoms with Crippen LogP contribution in [0.2, 0.25) is 0 Å². The van der Waals surface area contributed by atoms with Crippen LogP contribution in [0, 0.1) is 0 Å². The van der Waals surface area contributed by atoms with E-state index in [1.807, 2.05) is 0 Å². The molecule has 18 heavy (non-hydrogen) atoms. The van der Waals surface area contributed by atoms with Gasteiger partial charge in [0.1, 0.15) is 0 Å². The summed E-state index contributed by atoms with van der Waals surface area (Å²) in [7, 11) is 3.90. The van der Waals surface area contributed by atoms with Crippen molar-refractivity contribution in [1.29, 1.82) is 0 Å². The van der Waals surface area contributed by atoms with Crippen molar-refractivity contribution in [3.8, 4) is 0 Å². The van der Waals surface area contributed by atoms with Gasteiger partial charge in [0.2, 0.25) is 5.56 Å². The monoisotopic (exact) mass is 249 g/mol. The molecular weight excluding hydrogens is 230 g/mol.